The molecule has 72 valence electrons. The van der Waals surface area contributed by atoms with Crippen LogP contribution in [0.3, 0.4) is 0 Å². The van der Waals surface area contributed by atoms with Crippen LogP contribution in [0.5, 0.6) is 0 Å². The van der Waals surface area contributed by atoms with Crippen molar-refractivity contribution >= 4 is 0 Å². The summed E-state index contributed by atoms with van der Waals surface area (Å²) in [6.45, 7) is 4.08. The fourth-order valence-electron chi connectivity index (χ4n) is 2.14. The van der Waals surface area contributed by atoms with Crippen molar-refractivity contribution in [1.29, 1.82) is 5.26 Å². The Morgan fingerprint density at radius 2 is 1.93 bits per heavy atom. The third-order valence-corrected chi connectivity index (χ3v) is 3.23. The SMILES string of the molecule is CC(C)(C#N)C1CC1c1ccccc1. The van der Waals surface area contributed by atoms with Crippen molar-refractivity contribution in [3.63, 3.8) is 0 Å². The van der Waals surface area contributed by atoms with Crippen molar-refractivity contribution in [2.75, 3.05) is 0 Å². The van der Waals surface area contributed by atoms with E-state index in [2.05, 4.69) is 30.3 Å². The van der Waals surface area contributed by atoms with E-state index < -0.39 is 0 Å². The summed E-state index contributed by atoms with van der Waals surface area (Å²) in [5, 5.41) is 9.02. The molecule has 1 saturated carbocycles. The highest BCUT2D eigenvalue weighted by Crippen LogP contribution is 2.56. The van der Waals surface area contributed by atoms with Crippen LogP contribution in [0.4, 0.5) is 0 Å². The zero-order chi connectivity index (χ0) is 10.2. The van der Waals surface area contributed by atoms with Gasteiger partial charge in [-0.1, -0.05) is 30.3 Å². The van der Waals surface area contributed by atoms with E-state index in [1.165, 1.54) is 12.0 Å². The predicted octanol–water partition coefficient (Wildman–Crippen LogP) is 3.34. The van der Waals surface area contributed by atoms with Gasteiger partial charge in [0.15, 0.2) is 0 Å². The summed E-state index contributed by atoms with van der Waals surface area (Å²) >= 11 is 0. The summed E-state index contributed by atoms with van der Waals surface area (Å²) in [6.07, 6.45) is 1.17. The van der Waals surface area contributed by atoms with Crippen molar-refractivity contribution in [2.45, 2.75) is 26.2 Å². The molecule has 1 aliphatic carbocycles. The third kappa shape index (κ3) is 1.53. The first-order chi connectivity index (χ1) is 6.65. The molecule has 0 heterocycles. The second-order valence-electron chi connectivity index (χ2n) is 4.69. The average Bonchev–Trinajstić information content (AvgIpc) is 2.99. The van der Waals surface area contributed by atoms with Crippen LogP contribution in [-0.2, 0) is 0 Å². The normalized spacial score (nSPS) is 25.5. The Bertz CT molecular complexity index is 359. The van der Waals surface area contributed by atoms with Gasteiger partial charge >= 0.3 is 0 Å². The van der Waals surface area contributed by atoms with Gasteiger partial charge in [0.1, 0.15) is 0 Å². The monoisotopic (exact) mass is 185 g/mol. The molecule has 14 heavy (non-hydrogen) atoms. The molecule has 0 aromatic heterocycles. The lowest BCUT2D eigenvalue weighted by Gasteiger charge is -2.14. The smallest absolute Gasteiger partial charge is 0.0687 e. The lowest BCUT2D eigenvalue weighted by molar-refractivity contribution is 0.415. The minimum absolute atomic E-state index is 0.166. The van der Waals surface area contributed by atoms with Gasteiger partial charge in [-0.3, -0.25) is 0 Å². The molecule has 0 bridgehead atoms. The van der Waals surface area contributed by atoms with Crippen LogP contribution in [0, 0.1) is 22.7 Å². The van der Waals surface area contributed by atoms with Crippen LogP contribution in [0.1, 0.15) is 31.7 Å². The van der Waals surface area contributed by atoms with Gasteiger partial charge in [-0.2, -0.15) is 5.26 Å². The molecule has 0 radical (unpaired) electrons. The maximum Gasteiger partial charge on any atom is 0.0687 e. The van der Waals surface area contributed by atoms with Crippen molar-refractivity contribution in [1.82, 2.24) is 0 Å². The minimum Gasteiger partial charge on any atom is -0.198 e. The first-order valence-corrected chi connectivity index (χ1v) is 5.11. The molecule has 2 atom stereocenters. The molecule has 0 spiro atoms. The second-order valence-corrected chi connectivity index (χ2v) is 4.69. The minimum atomic E-state index is -0.166. The number of hydrogen-bond donors (Lipinski definition) is 0. The van der Waals surface area contributed by atoms with E-state index in [0.29, 0.717) is 11.8 Å². The molecule has 0 amide bonds. The first kappa shape index (κ1) is 9.27. The largest absolute Gasteiger partial charge is 0.198 e. The van der Waals surface area contributed by atoms with Gasteiger partial charge in [0, 0.05) is 0 Å². The van der Waals surface area contributed by atoms with Crippen molar-refractivity contribution in [3.05, 3.63) is 35.9 Å². The molecule has 1 aromatic carbocycles. The lowest BCUT2D eigenvalue weighted by Crippen LogP contribution is -2.11. The van der Waals surface area contributed by atoms with Crippen molar-refractivity contribution in [3.8, 4) is 6.07 Å². The zero-order valence-electron chi connectivity index (χ0n) is 8.70. The van der Waals surface area contributed by atoms with Crippen LogP contribution >= 0.6 is 0 Å². The van der Waals surface area contributed by atoms with Gasteiger partial charge < -0.3 is 0 Å². The van der Waals surface area contributed by atoms with E-state index >= 15 is 0 Å². The first-order valence-electron chi connectivity index (χ1n) is 5.11. The van der Waals surface area contributed by atoms with Gasteiger partial charge in [0.2, 0.25) is 0 Å². The van der Waals surface area contributed by atoms with Crippen molar-refractivity contribution < 1.29 is 0 Å². The Labute approximate surface area is 85.4 Å². The number of nitrogens with zero attached hydrogens (tertiary/aromatic N) is 1. The van der Waals surface area contributed by atoms with E-state index in [0.717, 1.165) is 0 Å². The summed E-state index contributed by atoms with van der Waals surface area (Å²) in [5.74, 6) is 1.17. The van der Waals surface area contributed by atoms with Crippen LogP contribution < -0.4 is 0 Å². The molecule has 2 rings (SSSR count). The maximum atomic E-state index is 9.02. The number of benzene rings is 1. The highest BCUT2D eigenvalue weighted by atomic mass is 14.5. The summed E-state index contributed by atoms with van der Waals surface area (Å²) in [6, 6.07) is 12.9. The zero-order valence-corrected chi connectivity index (χ0v) is 8.70. The Morgan fingerprint density at radius 3 is 2.50 bits per heavy atom. The number of nitriles is 1. The van der Waals surface area contributed by atoms with E-state index in [-0.39, 0.29) is 5.41 Å². The summed E-state index contributed by atoms with van der Waals surface area (Å²) in [5.41, 5.74) is 1.22. The fraction of sp³-hybridized carbons (Fsp3) is 0.462. The second kappa shape index (κ2) is 3.13. The fourth-order valence-corrected chi connectivity index (χ4v) is 2.14. The number of hydrogen-bond acceptors (Lipinski definition) is 1. The highest BCUT2D eigenvalue weighted by Gasteiger charge is 2.48. The molecular formula is C13H15N. The van der Waals surface area contributed by atoms with Crippen molar-refractivity contribution in [2.24, 2.45) is 11.3 Å². The Balaban J connectivity index is 2.12. The molecule has 1 aromatic rings. The highest BCUT2D eigenvalue weighted by molar-refractivity contribution is 5.28. The van der Waals surface area contributed by atoms with Crippen LogP contribution in [0.2, 0.25) is 0 Å². The lowest BCUT2D eigenvalue weighted by atomic mass is 9.87. The average molecular weight is 185 g/mol. The Hall–Kier alpha value is -1.29. The van der Waals surface area contributed by atoms with Gasteiger partial charge in [-0.15, -0.1) is 0 Å². The Morgan fingerprint density at radius 1 is 1.29 bits per heavy atom. The molecule has 1 nitrogen and oxygen atoms in total. The van der Waals surface area contributed by atoms with Gasteiger partial charge in [-0.25, -0.2) is 0 Å². The third-order valence-electron chi connectivity index (χ3n) is 3.23. The standard InChI is InChI=1S/C13H15N/c1-13(2,9-14)12-8-11(12)10-6-4-3-5-7-10/h3-7,11-12H,8H2,1-2H3. The molecule has 0 N–H and O–H groups in total. The number of rotatable bonds is 2. The van der Waals surface area contributed by atoms with E-state index in [4.69, 9.17) is 5.26 Å². The van der Waals surface area contributed by atoms with Crippen LogP contribution in [0.15, 0.2) is 30.3 Å². The molecule has 0 aliphatic heterocycles. The maximum absolute atomic E-state index is 9.02. The topological polar surface area (TPSA) is 23.8 Å². The Kier molecular flexibility index (Phi) is 2.07. The molecule has 2 unspecified atom stereocenters. The summed E-state index contributed by atoms with van der Waals surface area (Å²) < 4.78 is 0. The van der Waals surface area contributed by atoms with Gasteiger partial charge in [-0.05, 0) is 37.7 Å². The van der Waals surface area contributed by atoms with Gasteiger partial charge in [0.25, 0.3) is 0 Å². The van der Waals surface area contributed by atoms with Gasteiger partial charge in [0.05, 0.1) is 11.5 Å². The quantitative estimate of drug-likeness (QED) is 0.693. The van der Waals surface area contributed by atoms with E-state index in [1.54, 1.807) is 0 Å². The molecule has 1 heteroatoms. The molecule has 1 aliphatic rings. The van der Waals surface area contributed by atoms with E-state index in [1.807, 2.05) is 19.9 Å². The van der Waals surface area contributed by atoms with Crippen LogP contribution in [0.25, 0.3) is 0 Å². The summed E-state index contributed by atoms with van der Waals surface area (Å²) in [4.78, 5) is 0. The summed E-state index contributed by atoms with van der Waals surface area (Å²) in [7, 11) is 0. The molecular weight excluding hydrogens is 170 g/mol. The molecule has 1 fully saturated rings. The molecule has 0 saturated heterocycles. The predicted molar refractivity (Wildman–Crippen MR) is 56.7 cm³/mol. The van der Waals surface area contributed by atoms with E-state index in [9.17, 15) is 0 Å². The van der Waals surface area contributed by atoms with Crippen LogP contribution in [-0.4, -0.2) is 0 Å².